The van der Waals surface area contributed by atoms with Gasteiger partial charge in [-0.15, -0.1) is 13.2 Å². The molecule has 3 rings (SSSR count). The van der Waals surface area contributed by atoms with Gasteiger partial charge in [-0.3, -0.25) is 9.58 Å². The van der Waals surface area contributed by atoms with E-state index in [1.165, 1.54) is 18.2 Å². The van der Waals surface area contributed by atoms with Crippen molar-refractivity contribution < 1.29 is 27.8 Å². The van der Waals surface area contributed by atoms with E-state index in [0.29, 0.717) is 51.2 Å². The lowest BCUT2D eigenvalue weighted by atomic mass is 9.84. The maximum Gasteiger partial charge on any atom is 0.573 e. The largest absolute Gasteiger partial charge is 0.573 e. The van der Waals surface area contributed by atoms with E-state index in [-0.39, 0.29) is 5.75 Å². The summed E-state index contributed by atoms with van der Waals surface area (Å²) in [6.45, 7) is 3.25. The van der Waals surface area contributed by atoms with Crippen LogP contribution in [0.25, 0.3) is 0 Å². The van der Waals surface area contributed by atoms with E-state index in [1.54, 1.807) is 13.2 Å². The van der Waals surface area contributed by atoms with Crippen molar-refractivity contribution in [2.45, 2.75) is 37.9 Å². The van der Waals surface area contributed by atoms with Crippen molar-refractivity contribution >= 4 is 0 Å². The molecule has 2 aromatic rings. The third kappa shape index (κ3) is 5.46. The van der Waals surface area contributed by atoms with Gasteiger partial charge in [0.05, 0.1) is 24.9 Å². The molecule has 154 valence electrons. The summed E-state index contributed by atoms with van der Waals surface area (Å²) in [5.41, 5.74) is 0.354. The molecule has 0 amide bonds. The van der Waals surface area contributed by atoms with Gasteiger partial charge in [-0.1, -0.05) is 12.1 Å². The molecule has 0 unspecified atom stereocenters. The zero-order valence-electron chi connectivity index (χ0n) is 15.7. The molecule has 1 aliphatic heterocycles. The van der Waals surface area contributed by atoms with Crippen molar-refractivity contribution in [1.29, 1.82) is 0 Å². The molecule has 1 aromatic heterocycles. The Morgan fingerprint density at radius 1 is 1.25 bits per heavy atom. The molecule has 1 aliphatic rings. The Kier molecular flexibility index (Phi) is 6.26. The number of alkyl halides is 3. The van der Waals surface area contributed by atoms with Gasteiger partial charge in [0.1, 0.15) is 5.75 Å². The van der Waals surface area contributed by atoms with Gasteiger partial charge in [0.2, 0.25) is 0 Å². The van der Waals surface area contributed by atoms with Gasteiger partial charge in [0, 0.05) is 38.5 Å². The third-order valence-corrected chi connectivity index (χ3v) is 4.91. The molecule has 6 nitrogen and oxygen atoms in total. The van der Waals surface area contributed by atoms with Crippen LogP contribution >= 0.6 is 0 Å². The van der Waals surface area contributed by atoms with Crippen LogP contribution in [0.4, 0.5) is 13.2 Å². The number of likely N-dealkylation sites (tertiary alicyclic amines) is 1. The zero-order chi connectivity index (χ0) is 20.2. The zero-order valence-corrected chi connectivity index (χ0v) is 15.7. The summed E-state index contributed by atoms with van der Waals surface area (Å²) in [6, 6.07) is 5.60. The number of benzene rings is 1. The maximum absolute atomic E-state index is 12.4. The Morgan fingerprint density at radius 2 is 2.00 bits per heavy atom. The number of aliphatic hydroxyl groups is 1. The molecule has 1 saturated heterocycles. The summed E-state index contributed by atoms with van der Waals surface area (Å²) in [5, 5.41) is 15.2. The van der Waals surface area contributed by atoms with Gasteiger partial charge in [-0.25, -0.2) is 0 Å². The summed E-state index contributed by atoms with van der Waals surface area (Å²) in [5.74, 6) is -0.315. The first-order chi connectivity index (χ1) is 13.3. The average Bonchev–Trinajstić information content (AvgIpc) is 3.08. The SMILES string of the molecule is COCCn1cc(CN2CCC(O)(c3cccc(OC(F)(F)F)c3)CC2)cn1. The van der Waals surface area contributed by atoms with Crippen LogP contribution in [0.5, 0.6) is 5.75 Å². The normalized spacial score (nSPS) is 17.6. The number of hydrogen-bond acceptors (Lipinski definition) is 5. The van der Waals surface area contributed by atoms with Crippen LogP contribution in [-0.2, 0) is 23.4 Å². The predicted molar refractivity (Wildman–Crippen MR) is 95.6 cm³/mol. The molecule has 0 spiro atoms. The standard InChI is InChI=1S/C19H24F3N3O3/c1-27-10-9-25-14-15(12-23-25)13-24-7-5-18(26,6-8-24)16-3-2-4-17(11-16)28-19(20,21)22/h2-4,11-12,14,26H,5-10,13H2,1H3. The summed E-state index contributed by atoms with van der Waals surface area (Å²) >= 11 is 0. The molecule has 1 fully saturated rings. The molecule has 9 heteroatoms. The predicted octanol–water partition coefficient (Wildman–Crippen LogP) is 2.91. The van der Waals surface area contributed by atoms with E-state index < -0.39 is 12.0 Å². The van der Waals surface area contributed by atoms with Gasteiger partial charge < -0.3 is 14.6 Å². The lowest BCUT2D eigenvalue weighted by molar-refractivity contribution is -0.274. The molecule has 28 heavy (non-hydrogen) atoms. The molecule has 0 bridgehead atoms. The second-order valence-corrected chi connectivity index (χ2v) is 6.99. The lowest BCUT2D eigenvalue weighted by Crippen LogP contribution is -2.42. The second-order valence-electron chi connectivity index (χ2n) is 6.99. The molecular formula is C19H24F3N3O3. The molecule has 1 aromatic carbocycles. The molecule has 0 radical (unpaired) electrons. The van der Waals surface area contributed by atoms with Crippen molar-refractivity contribution in [2.75, 3.05) is 26.8 Å². The molecular weight excluding hydrogens is 375 g/mol. The number of methoxy groups -OCH3 is 1. The molecule has 0 atom stereocenters. The Balaban J connectivity index is 1.58. The highest BCUT2D eigenvalue weighted by molar-refractivity contribution is 5.33. The summed E-state index contributed by atoms with van der Waals surface area (Å²) in [6.07, 6.45) is -0.106. The van der Waals surface area contributed by atoms with Crippen LogP contribution in [0.1, 0.15) is 24.0 Å². The number of nitrogens with zero attached hydrogens (tertiary/aromatic N) is 3. The minimum absolute atomic E-state index is 0.315. The van der Waals surface area contributed by atoms with Crippen LogP contribution < -0.4 is 4.74 Å². The fourth-order valence-corrected chi connectivity index (χ4v) is 3.41. The van der Waals surface area contributed by atoms with Crippen molar-refractivity contribution in [2.24, 2.45) is 0 Å². The number of piperidine rings is 1. The van der Waals surface area contributed by atoms with Crippen LogP contribution in [0.3, 0.4) is 0 Å². The van der Waals surface area contributed by atoms with Crippen LogP contribution in [-0.4, -0.2) is 53.0 Å². The summed E-state index contributed by atoms with van der Waals surface area (Å²) in [4.78, 5) is 2.20. The Labute approximate surface area is 161 Å². The number of halogens is 3. The Morgan fingerprint density at radius 3 is 2.68 bits per heavy atom. The van der Waals surface area contributed by atoms with Gasteiger partial charge >= 0.3 is 6.36 Å². The van der Waals surface area contributed by atoms with E-state index >= 15 is 0 Å². The van der Waals surface area contributed by atoms with E-state index in [4.69, 9.17) is 4.74 Å². The lowest BCUT2D eigenvalue weighted by Gasteiger charge is -2.38. The van der Waals surface area contributed by atoms with Crippen LogP contribution in [0.15, 0.2) is 36.7 Å². The van der Waals surface area contributed by atoms with Gasteiger partial charge in [-0.05, 0) is 30.5 Å². The van der Waals surface area contributed by atoms with E-state index in [1.807, 2.05) is 17.1 Å². The molecule has 2 heterocycles. The first-order valence-electron chi connectivity index (χ1n) is 9.09. The number of ether oxygens (including phenoxy) is 2. The minimum atomic E-state index is -4.75. The van der Waals surface area contributed by atoms with Crippen molar-refractivity contribution in [3.8, 4) is 5.75 Å². The van der Waals surface area contributed by atoms with Crippen molar-refractivity contribution in [1.82, 2.24) is 14.7 Å². The smallest absolute Gasteiger partial charge is 0.406 e. The molecule has 0 aliphatic carbocycles. The number of aromatic nitrogens is 2. The van der Waals surface area contributed by atoms with Crippen molar-refractivity contribution in [3.05, 3.63) is 47.8 Å². The number of hydrogen-bond donors (Lipinski definition) is 1. The first-order valence-corrected chi connectivity index (χ1v) is 9.09. The summed E-state index contributed by atoms with van der Waals surface area (Å²) < 4.78 is 48.1. The molecule has 0 saturated carbocycles. The fourth-order valence-electron chi connectivity index (χ4n) is 3.41. The van der Waals surface area contributed by atoms with Gasteiger partial charge in [0.15, 0.2) is 0 Å². The maximum atomic E-state index is 12.4. The van der Waals surface area contributed by atoms with E-state index in [2.05, 4.69) is 14.7 Å². The number of rotatable bonds is 7. The van der Waals surface area contributed by atoms with Crippen molar-refractivity contribution in [3.63, 3.8) is 0 Å². The van der Waals surface area contributed by atoms with E-state index in [9.17, 15) is 18.3 Å². The quantitative estimate of drug-likeness (QED) is 0.776. The second kappa shape index (κ2) is 8.50. The minimum Gasteiger partial charge on any atom is -0.406 e. The highest BCUT2D eigenvalue weighted by Gasteiger charge is 2.35. The highest BCUT2D eigenvalue weighted by atomic mass is 19.4. The van der Waals surface area contributed by atoms with Gasteiger partial charge in [-0.2, -0.15) is 5.10 Å². The van der Waals surface area contributed by atoms with E-state index in [0.717, 1.165) is 5.56 Å². The topological polar surface area (TPSA) is 59.8 Å². The average molecular weight is 399 g/mol. The highest BCUT2D eigenvalue weighted by Crippen LogP contribution is 2.35. The fraction of sp³-hybridized carbons (Fsp3) is 0.526. The van der Waals surface area contributed by atoms with Crippen LogP contribution in [0.2, 0.25) is 0 Å². The van der Waals surface area contributed by atoms with Crippen LogP contribution in [0, 0.1) is 0 Å². The molecule has 1 N–H and O–H groups in total. The third-order valence-electron chi connectivity index (χ3n) is 4.91. The monoisotopic (exact) mass is 399 g/mol. The van der Waals surface area contributed by atoms with Gasteiger partial charge in [0.25, 0.3) is 0 Å². The first kappa shape index (κ1) is 20.6. The summed E-state index contributed by atoms with van der Waals surface area (Å²) in [7, 11) is 1.64. The Hall–Kier alpha value is -2.10. The Bertz CT molecular complexity index is 771.